The lowest BCUT2D eigenvalue weighted by molar-refractivity contribution is 0.119. The van der Waals surface area contributed by atoms with Crippen LogP contribution in [0.25, 0.3) is 0 Å². The third-order valence-corrected chi connectivity index (χ3v) is 3.93. The molecule has 2 rings (SSSR count). The lowest BCUT2D eigenvalue weighted by Crippen LogP contribution is -2.40. The van der Waals surface area contributed by atoms with Gasteiger partial charge in [-0.05, 0) is 45.1 Å². The number of amides is 2. The second-order valence-corrected chi connectivity index (χ2v) is 5.87. The molecule has 0 spiro atoms. The van der Waals surface area contributed by atoms with Crippen molar-refractivity contribution in [3.8, 4) is 5.75 Å². The molecule has 1 aromatic rings. The van der Waals surface area contributed by atoms with E-state index in [0.717, 1.165) is 30.6 Å². The van der Waals surface area contributed by atoms with Crippen molar-refractivity contribution in [3.63, 3.8) is 0 Å². The highest BCUT2D eigenvalue weighted by molar-refractivity contribution is 5.74. The van der Waals surface area contributed by atoms with Gasteiger partial charge >= 0.3 is 6.03 Å². The van der Waals surface area contributed by atoms with E-state index in [-0.39, 0.29) is 18.7 Å². The van der Waals surface area contributed by atoms with Gasteiger partial charge in [0.15, 0.2) is 0 Å². The first-order chi connectivity index (χ1) is 10.7. The minimum atomic E-state index is -0.191. The third kappa shape index (κ3) is 5.22. The number of hydrogen-bond acceptors (Lipinski definition) is 3. The highest BCUT2D eigenvalue weighted by Crippen LogP contribution is 2.27. The monoisotopic (exact) mass is 306 g/mol. The Kier molecular flexibility index (Phi) is 6.52. The van der Waals surface area contributed by atoms with E-state index in [1.54, 1.807) is 0 Å². The molecule has 1 saturated carbocycles. The van der Waals surface area contributed by atoms with Crippen molar-refractivity contribution < 1.29 is 14.6 Å². The number of nitrogens with one attached hydrogen (secondary N) is 2. The second kappa shape index (κ2) is 8.63. The second-order valence-electron chi connectivity index (χ2n) is 5.87. The number of carbonyl (C=O) groups is 1. The van der Waals surface area contributed by atoms with Crippen LogP contribution in [0.1, 0.15) is 44.6 Å². The first-order valence-electron chi connectivity index (χ1n) is 8.09. The number of para-hydroxylation sites is 1. The van der Waals surface area contributed by atoms with E-state index in [0.29, 0.717) is 19.1 Å². The molecule has 3 N–H and O–H groups in total. The van der Waals surface area contributed by atoms with Crippen molar-refractivity contribution in [2.24, 2.45) is 0 Å². The van der Waals surface area contributed by atoms with E-state index in [4.69, 9.17) is 9.84 Å². The van der Waals surface area contributed by atoms with Gasteiger partial charge in [-0.25, -0.2) is 4.79 Å². The largest absolute Gasteiger partial charge is 0.490 e. The zero-order valence-electron chi connectivity index (χ0n) is 13.2. The zero-order valence-corrected chi connectivity index (χ0v) is 13.2. The lowest BCUT2D eigenvalue weighted by Gasteiger charge is -2.27. The summed E-state index contributed by atoms with van der Waals surface area (Å²) in [4.78, 5) is 11.9. The van der Waals surface area contributed by atoms with Gasteiger partial charge in [-0.15, -0.1) is 0 Å². The molecular formula is C17H26N2O3. The van der Waals surface area contributed by atoms with Gasteiger partial charge in [0.05, 0.1) is 6.10 Å². The Balaban J connectivity index is 1.79. The molecule has 1 fully saturated rings. The van der Waals surface area contributed by atoms with Crippen molar-refractivity contribution in [2.45, 2.75) is 57.7 Å². The first kappa shape index (κ1) is 16.6. The van der Waals surface area contributed by atoms with E-state index < -0.39 is 0 Å². The molecule has 1 aliphatic rings. The van der Waals surface area contributed by atoms with Gasteiger partial charge in [-0.1, -0.05) is 18.2 Å². The Hall–Kier alpha value is -1.75. The summed E-state index contributed by atoms with van der Waals surface area (Å²) in [5.41, 5.74) is 0.993. The summed E-state index contributed by atoms with van der Waals surface area (Å²) in [6.45, 7) is 2.53. The molecule has 1 aliphatic carbocycles. The Bertz CT molecular complexity index is 475. The fourth-order valence-electron chi connectivity index (χ4n) is 2.35. The van der Waals surface area contributed by atoms with Crippen LogP contribution in [-0.2, 0) is 6.54 Å². The molecule has 0 saturated heterocycles. The normalized spacial score (nSPS) is 15.7. The summed E-state index contributed by atoms with van der Waals surface area (Å²) >= 11 is 0. The van der Waals surface area contributed by atoms with Crippen LogP contribution in [0.4, 0.5) is 4.79 Å². The van der Waals surface area contributed by atoms with Crippen LogP contribution in [0.5, 0.6) is 5.75 Å². The molecule has 1 atom stereocenters. The average molecular weight is 306 g/mol. The summed E-state index contributed by atoms with van der Waals surface area (Å²) in [7, 11) is 0. The van der Waals surface area contributed by atoms with Crippen LogP contribution in [0.2, 0.25) is 0 Å². The Morgan fingerprint density at radius 1 is 1.41 bits per heavy atom. The molecule has 1 unspecified atom stereocenters. The maximum Gasteiger partial charge on any atom is 0.315 e. The lowest BCUT2D eigenvalue weighted by atomic mass is 9.96. The summed E-state index contributed by atoms with van der Waals surface area (Å²) in [6, 6.07) is 7.69. The van der Waals surface area contributed by atoms with Crippen LogP contribution in [0, 0.1) is 0 Å². The minimum Gasteiger partial charge on any atom is -0.490 e. The molecule has 0 radical (unpaired) electrons. The SMILES string of the molecule is CC(CCCO)NC(=O)NCc1ccccc1OC1CCC1. The van der Waals surface area contributed by atoms with Crippen molar-refractivity contribution >= 4 is 6.03 Å². The number of rotatable bonds is 8. The molecule has 5 nitrogen and oxygen atoms in total. The van der Waals surface area contributed by atoms with Crippen molar-refractivity contribution in [2.75, 3.05) is 6.61 Å². The smallest absolute Gasteiger partial charge is 0.315 e. The van der Waals surface area contributed by atoms with Crippen LogP contribution >= 0.6 is 0 Å². The fraction of sp³-hybridized carbons (Fsp3) is 0.588. The maximum atomic E-state index is 11.9. The standard InChI is InChI=1S/C17H26N2O3/c1-13(6-5-11-20)19-17(21)18-12-14-7-2-3-10-16(14)22-15-8-4-9-15/h2-3,7,10,13,15,20H,4-6,8-9,11-12H2,1H3,(H2,18,19,21). The minimum absolute atomic E-state index is 0.0496. The van der Waals surface area contributed by atoms with Gasteiger partial charge in [-0.2, -0.15) is 0 Å². The number of aliphatic hydroxyl groups excluding tert-OH is 1. The zero-order chi connectivity index (χ0) is 15.8. The van der Waals surface area contributed by atoms with Gasteiger partial charge in [0.25, 0.3) is 0 Å². The molecular weight excluding hydrogens is 280 g/mol. The van der Waals surface area contributed by atoms with Gasteiger partial charge in [0, 0.05) is 24.8 Å². The number of urea groups is 1. The summed E-state index contributed by atoms with van der Waals surface area (Å²) in [6.07, 6.45) is 5.26. The summed E-state index contributed by atoms with van der Waals surface area (Å²) in [5.74, 6) is 0.862. The Morgan fingerprint density at radius 2 is 2.18 bits per heavy atom. The predicted molar refractivity (Wildman–Crippen MR) is 85.9 cm³/mol. The van der Waals surface area contributed by atoms with Gasteiger partial charge in [0.1, 0.15) is 5.75 Å². The third-order valence-electron chi connectivity index (χ3n) is 3.93. The molecule has 0 aliphatic heterocycles. The fourth-order valence-corrected chi connectivity index (χ4v) is 2.35. The molecule has 0 heterocycles. The quantitative estimate of drug-likeness (QED) is 0.691. The Morgan fingerprint density at radius 3 is 2.86 bits per heavy atom. The highest BCUT2D eigenvalue weighted by Gasteiger charge is 2.20. The van der Waals surface area contributed by atoms with Crippen molar-refractivity contribution in [3.05, 3.63) is 29.8 Å². The van der Waals surface area contributed by atoms with Gasteiger partial charge in [0.2, 0.25) is 0 Å². The molecule has 5 heteroatoms. The topological polar surface area (TPSA) is 70.6 Å². The van der Waals surface area contributed by atoms with Crippen molar-refractivity contribution in [1.82, 2.24) is 10.6 Å². The number of ether oxygens (including phenoxy) is 1. The molecule has 2 amide bonds. The summed E-state index contributed by atoms with van der Waals surface area (Å²) in [5, 5.41) is 14.5. The van der Waals surface area contributed by atoms with Gasteiger partial charge < -0.3 is 20.5 Å². The average Bonchev–Trinajstić information content (AvgIpc) is 2.47. The predicted octanol–water partition coefficient (Wildman–Crippen LogP) is 2.58. The van der Waals surface area contributed by atoms with E-state index in [1.165, 1.54) is 6.42 Å². The number of hydrogen-bond donors (Lipinski definition) is 3. The highest BCUT2D eigenvalue weighted by atomic mass is 16.5. The van der Waals surface area contributed by atoms with Crippen LogP contribution < -0.4 is 15.4 Å². The number of carbonyl (C=O) groups excluding carboxylic acids is 1. The molecule has 0 bridgehead atoms. The van der Waals surface area contributed by atoms with E-state index >= 15 is 0 Å². The van der Waals surface area contributed by atoms with E-state index in [2.05, 4.69) is 10.6 Å². The van der Waals surface area contributed by atoms with Crippen LogP contribution in [0.15, 0.2) is 24.3 Å². The molecule has 22 heavy (non-hydrogen) atoms. The first-order valence-corrected chi connectivity index (χ1v) is 8.09. The molecule has 122 valence electrons. The van der Waals surface area contributed by atoms with Crippen LogP contribution in [0.3, 0.4) is 0 Å². The summed E-state index contributed by atoms with van der Waals surface area (Å²) < 4.78 is 5.95. The Labute approximate surface area is 132 Å². The maximum absolute atomic E-state index is 11.9. The molecule has 0 aromatic heterocycles. The number of benzene rings is 1. The number of aliphatic hydroxyl groups is 1. The molecule has 1 aromatic carbocycles. The van der Waals surface area contributed by atoms with Gasteiger partial charge in [-0.3, -0.25) is 0 Å². The van der Waals surface area contributed by atoms with Crippen molar-refractivity contribution in [1.29, 1.82) is 0 Å². The van der Waals surface area contributed by atoms with Crippen LogP contribution in [-0.4, -0.2) is 29.9 Å². The van der Waals surface area contributed by atoms with E-state index in [9.17, 15) is 4.79 Å². The van der Waals surface area contributed by atoms with E-state index in [1.807, 2.05) is 31.2 Å².